The van der Waals surface area contributed by atoms with Crippen LogP contribution in [0.1, 0.15) is 11.1 Å². The van der Waals surface area contributed by atoms with Gasteiger partial charge in [-0.15, -0.1) is 0 Å². The molecule has 0 radical (unpaired) electrons. The molecule has 0 fully saturated rings. The van der Waals surface area contributed by atoms with E-state index in [1.165, 1.54) is 18.2 Å². The van der Waals surface area contributed by atoms with Gasteiger partial charge in [-0.1, -0.05) is 36.4 Å². The second-order valence-corrected chi connectivity index (χ2v) is 7.56. The molecule has 26 heavy (non-hydrogen) atoms. The Morgan fingerprint density at radius 1 is 1.12 bits per heavy atom. The number of benzene rings is 2. The molecule has 2 aromatic rings. The fraction of sp³-hybridized carbons (Fsp3) is 0.278. The van der Waals surface area contributed by atoms with Gasteiger partial charge >= 0.3 is 0 Å². The standard InChI is InChI=1S/C18H23FN4O2S/c1-14-8-9-16(12-17(14)19)23-26(24,25)11-10-21-18(20-2)22-13-15-6-4-3-5-7-15/h3-9,12,23H,10-11,13H2,1-2H3,(H2,20,21,22). The van der Waals surface area contributed by atoms with Crippen molar-refractivity contribution in [1.82, 2.24) is 10.6 Å². The predicted molar refractivity (Wildman–Crippen MR) is 103 cm³/mol. The van der Waals surface area contributed by atoms with E-state index in [0.29, 0.717) is 18.1 Å². The van der Waals surface area contributed by atoms with E-state index in [2.05, 4.69) is 20.3 Å². The molecule has 0 aliphatic heterocycles. The van der Waals surface area contributed by atoms with E-state index >= 15 is 0 Å². The normalized spacial score (nSPS) is 11.9. The molecule has 2 aromatic carbocycles. The predicted octanol–water partition coefficient (Wildman–Crippen LogP) is 2.24. The Labute approximate surface area is 153 Å². The first-order chi connectivity index (χ1) is 12.4. The van der Waals surface area contributed by atoms with Gasteiger partial charge in [-0.3, -0.25) is 9.71 Å². The Balaban J connectivity index is 1.81. The van der Waals surface area contributed by atoms with Crippen LogP contribution in [0, 0.1) is 12.7 Å². The van der Waals surface area contributed by atoms with Gasteiger partial charge in [0.25, 0.3) is 0 Å². The molecule has 0 unspecified atom stereocenters. The molecule has 0 aromatic heterocycles. The van der Waals surface area contributed by atoms with Gasteiger partial charge in [-0.25, -0.2) is 12.8 Å². The number of nitrogens with zero attached hydrogens (tertiary/aromatic N) is 1. The molecule has 3 N–H and O–H groups in total. The second-order valence-electron chi connectivity index (χ2n) is 5.72. The monoisotopic (exact) mass is 378 g/mol. The minimum atomic E-state index is -3.60. The number of hydrogen-bond donors (Lipinski definition) is 3. The summed E-state index contributed by atoms with van der Waals surface area (Å²) < 4.78 is 40.1. The number of aryl methyl sites for hydroxylation is 1. The summed E-state index contributed by atoms with van der Waals surface area (Å²) in [5.41, 5.74) is 1.76. The first-order valence-corrected chi connectivity index (χ1v) is 9.80. The summed E-state index contributed by atoms with van der Waals surface area (Å²) in [5, 5.41) is 6.06. The van der Waals surface area contributed by atoms with Crippen LogP contribution in [0.15, 0.2) is 53.5 Å². The van der Waals surface area contributed by atoms with Gasteiger partial charge in [0.2, 0.25) is 10.0 Å². The Hall–Kier alpha value is -2.61. The van der Waals surface area contributed by atoms with E-state index in [4.69, 9.17) is 0 Å². The molecule has 0 heterocycles. The Morgan fingerprint density at radius 2 is 1.85 bits per heavy atom. The molecule has 0 atom stereocenters. The minimum absolute atomic E-state index is 0.165. The smallest absolute Gasteiger partial charge is 0.234 e. The number of anilines is 1. The van der Waals surface area contributed by atoms with Crippen molar-refractivity contribution in [3.05, 3.63) is 65.5 Å². The summed E-state index contributed by atoms with van der Waals surface area (Å²) in [6, 6.07) is 14.0. The van der Waals surface area contributed by atoms with E-state index in [1.807, 2.05) is 30.3 Å². The summed E-state index contributed by atoms with van der Waals surface area (Å²) in [5.74, 6) is -0.117. The molecule has 0 aliphatic carbocycles. The van der Waals surface area contributed by atoms with Crippen LogP contribution in [0.4, 0.5) is 10.1 Å². The molecule has 8 heteroatoms. The number of hydrogen-bond acceptors (Lipinski definition) is 3. The van der Waals surface area contributed by atoms with Crippen LogP contribution in [-0.2, 0) is 16.6 Å². The number of aliphatic imine (C=N–C) groups is 1. The van der Waals surface area contributed by atoms with Crippen molar-refractivity contribution in [2.75, 3.05) is 24.1 Å². The highest BCUT2D eigenvalue weighted by Crippen LogP contribution is 2.14. The Morgan fingerprint density at radius 3 is 2.50 bits per heavy atom. The van der Waals surface area contributed by atoms with Gasteiger partial charge in [0, 0.05) is 20.1 Å². The number of halogens is 1. The molecule has 0 saturated heterocycles. The van der Waals surface area contributed by atoms with Crippen LogP contribution < -0.4 is 15.4 Å². The van der Waals surface area contributed by atoms with Gasteiger partial charge in [0.05, 0.1) is 11.4 Å². The van der Waals surface area contributed by atoms with E-state index in [9.17, 15) is 12.8 Å². The molecular weight excluding hydrogens is 355 g/mol. The summed E-state index contributed by atoms with van der Waals surface area (Å²) in [6.07, 6.45) is 0. The number of sulfonamides is 1. The SMILES string of the molecule is CN=C(NCCS(=O)(=O)Nc1ccc(C)c(F)c1)NCc1ccccc1. The fourth-order valence-electron chi connectivity index (χ4n) is 2.19. The molecule has 6 nitrogen and oxygen atoms in total. The summed E-state index contributed by atoms with van der Waals surface area (Å²) in [6.45, 7) is 2.36. The van der Waals surface area contributed by atoms with Gasteiger partial charge in [0.15, 0.2) is 5.96 Å². The van der Waals surface area contributed by atoms with Crippen molar-refractivity contribution < 1.29 is 12.8 Å². The molecule has 0 aliphatic rings. The topological polar surface area (TPSA) is 82.6 Å². The van der Waals surface area contributed by atoms with Crippen LogP contribution >= 0.6 is 0 Å². The minimum Gasteiger partial charge on any atom is -0.355 e. The zero-order valence-electron chi connectivity index (χ0n) is 14.8. The van der Waals surface area contributed by atoms with Gasteiger partial charge in [-0.2, -0.15) is 0 Å². The van der Waals surface area contributed by atoms with Gasteiger partial charge in [-0.05, 0) is 30.2 Å². The Kier molecular flexibility index (Phi) is 6.97. The summed E-state index contributed by atoms with van der Waals surface area (Å²) >= 11 is 0. The van der Waals surface area contributed by atoms with Crippen molar-refractivity contribution in [3.8, 4) is 0 Å². The second kappa shape index (κ2) is 9.19. The molecule has 0 amide bonds. The maximum atomic E-state index is 13.5. The van der Waals surface area contributed by atoms with Gasteiger partial charge < -0.3 is 10.6 Å². The highest BCUT2D eigenvalue weighted by molar-refractivity contribution is 7.92. The number of rotatable bonds is 7. The zero-order valence-corrected chi connectivity index (χ0v) is 15.6. The molecule has 0 bridgehead atoms. The highest BCUT2D eigenvalue weighted by atomic mass is 32.2. The van der Waals surface area contributed by atoms with Crippen LogP contribution in [0.25, 0.3) is 0 Å². The molecule has 140 valence electrons. The number of guanidine groups is 1. The highest BCUT2D eigenvalue weighted by Gasteiger charge is 2.11. The van der Waals surface area contributed by atoms with Gasteiger partial charge in [0.1, 0.15) is 5.82 Å². The average molecular weight is 378 g/mol. The van der Waals surface area contributed by atoms with E-state index < -0.39 is 15.8 Å². The van der Waals surface area contributed by atoms with Crippen molar-refractivity contribution in [1.29, 1.82) is 0 Å². The summed E-state index contributed by atoms with van der Waals surface area (Å²) in [4.78, 5) is 4.06. The van der Waals surface area contributed by atoms with E-state index in [-0.39, 0.29) is 18.0 Å². The lowest BCUT2D eigenvalue weighted by molar-refractivity contribution is 0.599. The lowest BCUT2D eigenvalue weighted by atomic mass is 10.2. The fourth-order valence-corrected chi connectivity index (χ4v) is 3.15. The van der Waals surface area contributed by atoms with E-state index in [1.54, 1.807) is 14.0 Å². The summed E-state index contributed by atoms with van der Waals surface area (Å²) in [7, 11) is -1.98. The van der Waals surface area contributed by atoms with Crippen LogP contribution in [0.5, 0.6) is 0 Å². The van der Waals surface area contributed by atoms with Crippen molar-refractivity contribution >= 4 is 21.7 Å². The Bertz CT molecular complexity index is 855. The largest absolute Gasteiger partial charge is 0.355 e. The first kappa shape index (κ1) is 19.7. The zero-order chi connectivity index (χ0) is 19.0. The third kappa shape index (κ3) is 6.36. The number of nitrogens with one attached hydrogen (secondary N) is 3. The molecule has 2 rings (SSSR count). The van der Waals surface area contributed by atoms with Crippen LogP contribution in [0.2, 0.25) is 0 Å². The van der Waals surface area contributed by atoms with E-state index in [0.717, 1.165) is 5.56 Å². The van der Waals surface area contributed by atoms with Crippen molar-refractivity contribution in [3.63, 3.8) is 0 Å². The molecule has 0 spiro atoms. The molecule has 0 saturated carbocycles. The van der Waals surface area contributed by atoms with Crippen LogP contribution in [-0.4, -0.2) is 33.7 Å². The lowest BCUT2D eigenvalue weighted by Gasteiger charge is -2.13. The first-order valence-electron chi connectivity index (χ1n) is 8.15. The van der Waals surface area contributed by atoms with Crippen molar-refractivity contribution in [2.45, 2.75) is 13.5 Å². The maximum absolute atomic E-state index is 13.5. The maximum Gasteiger partial charge on any atom is 0.234 e. The third-order valence-corrected chi connectivity index (χ3v) is 4.92. The van der Waals surface area contributed by atoms with Crippen molar-refractivity contribution in [2.24, 2.45) is 4.99 Å². The third-order valence-electron chi connectivity index (χ3n) is 3.63. The average Bonchev–Trinajstić information content (AvgIpc) is 2.61. The van der Waals surface area contributed by atoms with Crippen LogP contribution in [0.3, 0.4) is 0 Å². The lowest BCUT2D eigenvalue weighted by Crippen LogP contribution is -2.39. The quantitative estimate of drug-likeness (QED) is 0.510. The molecular formula is C18H23FN4O2S.